The topological polar surface area (TPSA) is 54.7 Å². The van der Waals surface area contributed by atoms with Crippen LogP contribution in [-0.4, -0.2) is 40.2 Å². The molecule has 3 rings (SSSR count). The lowest BCUT2D eigenvalue weighted by Crippen LogP contribution is -2.19. The van der Waals surface area contributed by atoms with Crippen LogP contribution in [0.4, 0.5) is 0 Å². The van der Waals surface area contributed by atoms with Crippen molar-refractivity contribution >= 4 is 32.8 Å². The number of fused-ring (bicyclic) bond motifs is 1. The largest absolute Gasteiger partial charge is 0.506 e. The summed E-state index contributed by atoms with van der Waals surface area (Å²) in [6.45, 7) is 9.84. The third-order valence-corrected chi connectivity index (χ3v) is 6.04. The van der Waals surface area contributed by atoms with Crippen molar-refractivity contribution in [3.05, 3.63) is 27.4 Å². The number of unbranched alkanes of at least 4 members (excludes halogenated alkanes) is 1. The van der Waals surface area contributed by atoms with Crippen molar-refractivity contribution in [1.29, 1.82) is 0 Å². The van der Waals surface area contributed by atoms with E-state index in [1.165, 1.54) is 12.8 Å². The van der Waals surface area contributed by atoms with E-state index in [1.807, 2.05) is 19.9 Å². The number of rotatable bonds is 7. The molecule has 0 saturated carbocycles. The minimum absolute atomic E-state index is 0.229. The molecule has 2 heterocycles. The van der Waals surface area contributed by atoms with Gasteiger partial charge in [-0.25, -0.2) is 4.79 Å². The van der Waals surface area contributed by atoms with Crippen molar-refractivity contribution in [2.75, 3.05) is 19.7 Å². The lowest BCUT2D eigenvalue weighted by molar-refractivity contribution is 0.0527. The third kappa shape index (κ3) is 3.87. The molecule has 1 aromatic heterocycles. The van der Waals surface area contributed by atoms with Crippen LogP contribution in [0.5, 0.6) is 5.75 Å². The number of esters is 1. The minimum atomic E-state index is -0.306. The van der Waals surface area contributed by atoms with Crippen molar-refractivity contribution in [1.82, 2.24) is 9.47 Å². The molecule has 0 radical (unpaired) electrons. The molecule has 0 unspecified atom stereocenters. The Morgan fingerprint density at radius 3 is 2.63 bits per heavy atom. The van der Waals surface area contributed by atoms with Crippen molar-refractivity contribution < 1.29 is 14.6 Å². The summed E-state index contributed by atoms with van der Waals surface area (Å²) in [4.78, 5) is 15.2. The summed E-state index contributed by atoms with van der Waals surface area (Å²) in [5, 5.41) is 11.7. The quantitative estimate of drug-likeness (QED) is 0.620. The Bertz CT molecular complexity index is 838. The van der Waals surface area contributed by atoms with E-state index in [1.54, 1.807) is 0 Å². The van der Waals surface area contributed by atoms with Crippen LogP contribution >= 0.6 is 15.9 Å². The summed E-state index contributed by atoms with van der Waals surface area (Å²) in [7, 11) is 0. The summed E-state index contributed by atoms with van der Waals surface area (Å²) < 4.78 is 8.24. The first-order chi connectivity index (χ1) is 13.0. The smallest absolute Gasteiger partial charge is 0.340 e. The average Bonchev–Trinajstić information content (AvgIpc) is 3.23. The molecular formula is C21H29BrN2O3. The average molecular weight is 437 g/mol. The minimum Gasteiger partial charge on any atom is -0.506 e. The number of phenols is 1. The van der Waals surface area contributed by atoms with Crippen LogP contribution in [0.2, 0.25) is 0 Å². The van der Waals surface area contributed by atoms with Crippen molar-refractivity contribution in [2.45, 2.75) is 59.5 Å². The highest BCUT2D eigenvalue weighted by Crippen LogP contribution is 2.40. The maximum atomic E-state index is 12.8. The van der Waals surface area contributed by atoms with E-state index < -0.39 is 0 Å². The third-order valence-electron chi connectivity index (χ3n) is 5.44. The first kappa shape index (κ1) is 20.2. The molecule has 1 aliphatic heterocycles. The molecule has 0 amide bonds. The fourth-order valence-corrected chi connectivity index (χ4v) is 4.50. The van der Waals surface area contributed by atoms with Gasteiger partial charge in [0, 0.05) is 29.7 Å². The van der Waals surface area contributed by atoms with Crippen LogP contribution in [0.15, 0.2) is 10.5 Å². The van der Waals surface area contributed by atoms with Gasteiger partial charge in [0.25, 0.3) is 0 Å². The Morgan fingerprint density at radius 2 is 2.00 bits per heavy atom. The molecule has 1 aliphatic rings. The number of phenolic OH excluding ortho intramolecular Hbond substituents is 1. The van der Waals surface area contributed by atoms with Crippen molar-refractivity contribution in [2.24, 2.45) is 0 Å². The fourth-order valence-electron chi connectivity index (χ4n) is 4.04. The van der Waals surface area contributed by atoms with E-state index in [2.05, 4.69) is 32.3 Å². The fraction of sp³-hybridized carbons (Fsp3) is 0.571. The molecule has 148 valence electrons. The molecule has 1 saturated heterocycles. The SMILES string of the molecule is CCCCn1c(C)c(C(=O)OCC)c2c(CN3CCCC3)c(O)c(Br)cc21. The molecule has 6 heteroatoms. The summed E-state index contributed by atoms with van der Waals surface area (Å²) >= 11 is 3.52. The number of carbonyl (C=O) groups excluding carboxylic acids is 1. The number of aromatic hydroxyl groups is 1. The van der Waals surface area contributed by atoms with Gasteiger partial charge in [-0.2, -0.15) is 0 Å². The van der Waals surface area contributed by atoms with Gasteiger partial charge in [-0.1, -0.05) is 13.3 Å². The highest BCUT2D eigenvalue weighted by molar-refractivity contribution is 9.10. The van der Waals surface area contributed by atoms with Crippen LogP contribution in [0.3, 0.4) is 0 Å². The molecule has 0 aliphatic carbocycles. The molecule has 1 N–H and O–H groups in total. The van der Waals surface area contributed by atoms with Crippen molar-refractivity contribution in [3.8, 4) is 5.75 Å². The highest BCUT2D eigenvalue weighted by atomic mass is 79.9. The molecule has 0 spiro atoms. The predicted octanol–water partition coefficient (Wildman–Crippen LogP) is 4.99. The van der Waals surface area contributed by atoms with E-state index in [0.717, 1.165) is 54.6 Å². The van der Waals surface area contributed by atoms with Crippen LogP contribution in [-0.2, 0) is 17.8 Å². The second-order valence-corrected chi connectivity index (χ2v) is 8.10. The summed E-state index contributed by atoms with van der Waals surface area (Å²) in [5.74, 6) is -0.0766. The first-order valence-electron chi connectivity index (χ1n) is 9.92. The number of nitrogens with zero attached hydrogens (tertiary/aromatic N) is 2. The molecule has 0 bridgehead atoms. The van der Waals surface area contributed by atoms with Gasteiger partial charge >= 0.3 is 5.97 Å². The van der Waals surface area contributed by atoms with Gasteiger partial charge in [0.15, 0.2) is 0 Å². The zero-order valence-electron chi connectivity index (χ0n) is 16.5. The van der Waals surface area contributed by atoms with E-state index >= 15 is 0 Å². The molecule has 2 aromatic rings. The molecule has 5 nitrogen and oxygen atoms in total. The Kier molecular flexibility index (Phi) is 6.48. The Hall–Kier alpha value is -1.53. The number of hydrogen-bond donors (Lipinski definition) is 1. The first-order valence-corrected chi connectivity index (χ1v) is 10.7. The van der Waals surface area contributed by atoms with E-state index in [0.29, 0.717) is 23.2 Å². The van der Waals surface area contributed by atoms with E-state index in [-0.39, 0.29) is 11.7 Å². The molecule has 1 fully saturated rings. The number of ether oxygens (including phenoxy) is 1. The number of benzene rings is 1. The van der Waals surface area contributed by atoms with E-state index in [9.17, 15) is 9.90 Å². The highest BCUT2D eigenvalue weighted by Gasteiger charge is 2.27. The zero-order chi connectivity index (χ0) is 19.6. The van der Waals surface area contributed by atoms with Crippen LogP contribution in [0.25, 0.3) is 10.9 Å². The Morgan fingerprint density at radius 1 is 1.30 bits per heavy atom. The van der Waals surface area contributed by atoms with Crippen LogP contribution in [0, 0.1) is 6.92 Å². The van der Waals surface area contributed by atoms with Gasteiger partial charge in [0.1, 0.15) is 5.75 Å². The zero-order valence-corrected chi connectivity index (χ0v) is 18.1. The molecule has 0 atom stereocenters. The van der Waals surface area contributed by atoms with Gasteiger partial charge in [0.2, 0.25) is 0 Å². The maximum Gasteiger partial charge on any atom is 0.340 e. The monoisotopic (exact) mass is 436 g/mol. The summed E-state index contributed by atoms with van der Waals surface area (Å²) in [6, 6.07) is 1.93. The maximum absolute atomic E-state index is 12.8. The number of likely N-dealkylation sites (tertiary alicyclic amines) is 1. The second-order valence-electron chi connectivity index (χ2n) is 7.25. The number of halogens is 1. The van der Waals surface area contributed by atoms with Crippen LogP contribution in [0.1, 0.15) is 61.1 Å². The van der Waals surface area contributed by atoms with Gasteiger partial charge in [-0.05, 0) is 68.2 Å². The number of hydrogen-bond acceptors (Lipinski definition) is 4. The lowest BCUT2D eigenvalue weighted by Gasteiger charge is -2.18. The normalized spacial score (nSPS) is 15.0. The van der Waals surface area contributed by atoms with Crippen molar-refractivity contribution in [3.63, 3.8) is 0 Å². The van der Waals surface area contributed by atoms with E-state index in [4.69, 9.17) is 4.74 Å². The molecule has 27 heavy (non-hydrogen) atoms. The van der Waals surface area contributed by atoms with Gasteiger partial charge in [0.05, 0.1) is 22.2 Å². The predicted molar refractivity (Wildman–Crippen MR) is 111 cm³/mol. The van der Waals surface area contributed by atoms with Gasteiger partial charge in [-0.15, -0.1) is 0 Å². The van der Waals surface area contributed by atoms with Gasteiger partial charge in [-0.3, -0.25) is 4.90 Å². The molecule has 1 aromatic carbocycles. The number of aryl methyl sites for hydroxylation is 1. The summed E-state index contributed by atoms with van der Waals surface area (Å²) in [5.41, 5.74) is 3.32. The Labute approximate surface area is 169 Å². The number of carbonyl (C=O) groups is 1. The van der Waals surface area contributed by atoms with Crippen LogP contribution < -0.4 is 0 Å². The lowest BCUT2D eigenvalue weighted by atomic mass is 10.0. The Balaban J connectivity index is 2.24. The summed E-state index contributed by atoms with van der Waals surface area (Å²) in [6.07, 6.45) is 4.47. The standard InChI is InChI=1S/C21H29BrN2O3/c1-4-6-11-24-14(3)18(21(26)27-5-2)19-15(13-23-9-7-8-10-23)20(25)16(22)12-17(19)24/h12,25H,4-11,13H2,1-3H3. The molecular weight excluding hydrogens is 408 g/mol. The number of aromatic nitrogens is 1. The second kappa shape index (κ2) is 8.65. The van der Waals surface area contributed by atoms with Gasteiger partial charge < -0.3 is 14.4 Å².